The van der Waals surface area contributed by atoms with Gasteiger partial charge in [0, 0.05) is 25.5 Å². The molecule has 5 N–H and O–H groups in total. The van der Waals surface area contributed by atoms with Crippen molar-refractivity contribution < 1.29 is 14.6 Å². The minimum Gasteiger partial charge on any atom is -0.352 e. The molecule has 1 radical (unpaired) electrons. The Balaban J connectivity index is 2.51. The highest BCUT2D eigenvalue weighted by atomic mass is 32.2. The number of aromatic nitrogens is 2. The molecule has 1 aromatic heterocycles. The lowest BCUT2D eigenvalue weighted by Crippen LogP contribution is -2.47. The summed E-state index contributed by atoms with van der Waals surface area (Å²) in [6.07, 6.45) is 4.54. The van der Waals surface area contributed by atoms with E-state index in [0.29, 0.717) is 30.3 Å². The SMILES string of the molecule is CC(C)C[CH]NC(=O)[C@H](CCCNC(=N)N[N+](=O)[O-])NC(=O)CSc1ncccn1. The average molecular weight is 440 g/mol. The molecule has 0 aliphatic rings. The molecule has 0 aromatic carbocycles. The molecule has 1 rings (SSSR count). The Morgan fingerprint density at radius 2 is 2.03 bits per heavy atom. The van der Waals surface area contributed by atoms with E-state index in [1.165, 1.54) is 0 Å². The van der Waals surface area contributed by atoms with E-state index in [2.05, 4.69) is 25.9 Å². The van der Waals surface area contributed by atoms with Crippen molar-refractivity contribution in [1.82, 2.24) is 31.3 Å². The second-order valence-electron chi connectivity index (χ2n) is 6.60. The van der Waals surface area contributed by atoms with E-state index in [1.807, 2.05) is 13.8 Å². The number of nitrogens with one attached hydrogen (secondary N) is 5. The van der Waals surface area contributed by atoms with Gasteiger partial charge in [0.05, 0.1) is 5.75 Å². The first-order valence-electron chi connectivity index (χ1n) is 9.32. The maximum Gasteiger partial charge on any atom is 0.251 e. The molecule has 0 aliphatic carbocycles. The van der Waals surface area contributed by atoms with Gasteiger partial charge in [-0.05, 0) is 31.2 Å². The number of hydrogen-bond acceptors (Lipinski definition) is 8. The lowest BCUT2D eigenvalue weighted by molar-refractivity contribution is -0.525. The summed E-state index contributed by atoms with van der Waals surface area (Å²) in [4.78, 5) is 43.0. The molecule has 0 unspecified atom stereocenters. The number of nitro groups is 1. The molecule has 0 fully saturated rings. The van der Waals surface area contributed by atoms with Crippen molar-refractivity contribution in [3.05, 3.63) is 35.1 Å². The zero-order valence-electron chi connectivity index (χ0n) is 16.9. The maximum absolute atomic E-state index is 12.5. The highest BCUT2D eigenvalue weighted by Crippen LogP contribution is 2.10. The minimum atomic E-state index is -0.843. The van der Waals surface area contributed by atoms with Crippen molar-refractivity contribution in [3.8, 4) is 0 Å². The Labute approximate surface area is 179 Å². The quantitative estimate of drug-likeness (QED) is 0.0556. The predicted octanol–water partition coefficient (Wildman–Crippen LogP) is 0.463. The standard InChI is InChI=1S/C17H27N8O4S/c1-12(2)6-10-19-15(27)13(5-3-7-20-16(18)24-25(28)29)23-14(26)11-30-17-21-8-4-9-22-17/h4,8-10,12-13H,3,5-7,11H2,1-2H3,(H,19,27)(H,23,26)(H3,18,20,24)/t13-/m0/s1. The molecule has 0 saturated carbocycles. The van der Waals surface area contributed by atoms with E-state index < -0.39 is 17.0 Å². The minimum absolute atomic E-state index is 0.0547. The van der Waals surface area contributed by atoms with Gasteiger partial charge in [0.25, 0.3) is 5.96 Å². The molecule has 0 spiro atoms. The molecule has 0 aliphatic heterocycles. The van der Waals surface area contributed by atoms with Crippen LogP contribution in [0.3, 0.4) is 0 Å². The Kier molecular flexibility index (Phi) is 11.8. The number of carbonyl (C=O) groups excluding carboxylic acids is 2. The number of thioether (sulfide) groups is 1. The molecule has 1 heterocycles. The van der Waals surface area contributed by atoms with Gasteiger partial charge in [-0.15, -0.1) is 0 Å². The predicted molar refractivity (Wildman–Crippen MR) is 112 cm³/mol. The van der Waals surface area contributed by atoms with Crippen LogP contribution in [-0.2, 0) is 9.59 Å². The fourth-order valence-electron chi connectivity index (χ4n) is 2.14. The van der Waals surface area contributed by atoms with Crippen molar-refractivity contribution in [1.29, 1.82) is 5.41 Å². The largest absolute Gasteiger partial charge is 0.352 e. The molecular weight excluding hydrogens is 412 g/mol. The Bertz CT molecular complexity index is 704. The van der Waals surface area contributed by atoms with E-state index in [4.69, 9.17) is 5.41 Å². The molecule has 13 heteroatoms. The van der Waals surface area contributed by atoms with Crippen LogP contribution >= 0.6 is 11.8 Å². The number of hydrazine groups is 1. The van der Waals surface area contributed by atoms with Crippen LogP contribution < -0.4 is 21.4 Å². The smallest absolute Gasteiger partial charge is 0.251 e. The van der Waals surface area contributed by atoms with Gasteiger partial charge in [0.15, 0.2) is 10.2 Å². The van der Waals surface area contributed by atoms with Crippen molar-refractivity contribution in [2.45, 2.75) is 44.3 Å². The van der Waals surface area contributed by atoms with Crippen molar-refractivity contribution in [2.24, 2.45) is 5.92 Å². The van der Waals surface area contributed by atoms with Crippen LogP contribution in [0.4, 0.5) is 0 Å². The molecular formula is C17H27N8O4S. The highest BCUT2D eigenvalue weighted by molar-refractivity contribution is 7.99. The zero-order chi connectivity index (χ0) is 22.4. The molecule has 0 saturated heterocycles. The Morgan fingerprint density at radius 3 is 2.67 bits per heavy atom. The van der Waals surface area contributed by atoms with E-state index in [9.17, 15) is 19.7 Å². The molecule has 165 valence electrons. The molecule has 30 heavy (non-hydrogen) atoms. The third-order valence-corrected chi connectivity index (χ3v) is 4.41. The summed E-state index contributed by atoms with van der Waals surface area (Å²) in [6, 6.07) is 0.894. The maximum atomic E-state index is 12.5. The summed E-state index contributed by atoms with van der Waals surface area (Å²) >= 11 is 1.16. The van der Waals surface area contributed by atoms with Gasteiger partial charge in [-0.25, -0.2) is 20.1 Å². The topological polar surface area (TPSA) is 175 Å². The van der Waals surface area contributed by atoms with Gasteiger partial charge in [-0.2, -0.15) is 0 Å². The first-order valence-corrected chi connectivity index (χ1v) is 10.3. The highest BCUT2D eigenvalue weighted by Gasteiger charge is 2.20. The second-order valence-corrected chi connectivity index (χ2v) is 7.54. The molecule has 1 aromatic rings. The molecule has 1 atom stereocenters. The van der Waals surface area contributed by atoms with Gasteiger partial charge in [-0.3, -0.25) is 15.0 Å². The summed E-state index contributed by atoms with van der Waals surface area (Å²) in [5, 5.41) is 25.1. The second kappa shape index (κ2) is 14.1. The number of rotatable bonds is 13. The number of nitrogens with zero attached hydrogens (tertiary/aromatic N) is 3. The van der Waals surface area contributed by atoms with Gasteiger partial charge in [0.1, 0.15) is 6.04 Å². The third kappa shape index (κ3) is 11.8. The van der Waals surface area contributed by atoms with Gasteiger partial charge >= 0.3 is 0 Å². The molecule has 0 bridgehead atoms. The normalized spacial score (nSPS) is 11.4. The van der Waals surface area contributed by atoms with Crippen LogP contribution in [0.15, 0.2) is 23.6 Å². The third-order valence-electron chi connectivity index (χ3n) is 3.53. The number of hydrogen-bond donors (Lipinski definition) is 5. The lowest BCUT2D eigenvalue weighted by Gasteiger charge is -2.19. The summed E-state index contributed by atoms with van der Waals surface area (Å²) < 4.78 is 0. The Hall–Kier alpha value is -2.96. The van der Waals surface area contributed by atoms with Gasteiger partial charge in [0.2, 0.25) is 11.8 Å². The molecule has 12 nitrogen and oxygen atoms in total. The van der Waals surface area contributed by atoms with Crippen molar-refractivity contribution >= 4 is 29.5 Å². The zero-order valence-corrected chi connectivity index (χ0v) is 17.7. The Morgan fingerprint density at radius 1 is 1.33 bits per heavy atom. The number of guanidine groups is 1. The van der Waals surface area contributed by atoms with Crippen LogP contribution in [0, 0.1) is 28.0 Å². The van der Waals surface area contributed by atoms with Crippen LogP contribution in [0.25, 0.3) is 0 Å². The number of carbonyl (C=O) groups is 2. The first-order chi connectivity index (χ1) is 14.3. The summed E-state index contributed by atoms with van der Waals surface area (Å²) in [5.74, 6) is -0.700. The fourth-order valence-corrected chi connectivity index (χ4v) is 2.76. The van der Waals surface area contributed by atoms with Gasteiger partial charge < -0.3 is 16.0 Å². The van der Waals surface area contributed by atoms with Crippen molar-refractivity contribution in [2.75, 3.05) is 12.3 Å². The van der Waals surface area contributed by atoms with Gasteiger partial charge in [-0.1, -0.05) is 31.0 Å². The van der Waals surface area contributed by atoms with E-state index >= 15 is 0 Å². The van der Waals surface area contributed by atoms with E-state index in [-0.39, 0.29) is 24.1 Å². The summed E-state index contributed by atoms with van der Waals surface area (Å²) in [7, 11) is 0. The lowest BCUT2D eigenvalue weighted by atomic mass is 10.1. The van der Waals surface area contributed by atoms with Crippen molar-refractivity contribution in [3.63, 3.8) is 0 Å². The molecule has 2 amide bonds. The average Bonchev–Trinajstić information content (AvgIpc) is 2.68. The first kappa shape index (κ1) is 25.1. The van der Waals surface area contributed by atoms with E-state index in [1.54, 1.807) is 30.4 Å². The fraction of sp³-hybridized carbons (Fsp3) is 0.529. The summed E-state index contributed by atoms with van der Waals surface area (Å²) in [5.41, 5.74) is 1.68. The van der Waals surface area contributed by atoms with Crippen LogP contribution in [0.5, 0.6) is 0 Å². The number of amides is 2. The monoisotopic (exact) mass is 439 g/mol. The van der Waals surface area contributed by atoms with E-state index in [0.717, 1.165) is 11.8 Å². The summed E-state index contributed by atoms with van der Waals surface area (Å²) in [6.45, 7) is 5.92. The van der Waals surface area contributed by atoms with Crippen LogP contribution in [0.1, 0.15) is 33.1 Å². The van der Waals surface area contributed by atoms with Crippen LogP contribution in [0.2, 0.25) is 0 Å². The van der Waals surface area contributed by atoms with Crippen LogP contribution in [-0.4, -0.2) is 51.1 Å².